The van der Waals surface area contributed by atoms with Crippen LogP contribution in [0.4, 0.5) is 10.6 Å². The molecule has 0 radical (unpaired) electrons. The van der Waals surface area contributed by atoms with Gasteiger partial charge in [0.2, 0.25) is 5.91 Å². The van der Waals surface area contributed by atoms with Gasteiger partial charge in [0.1, 0.15) is 6.04 Å². The number of hydrogen-bond donors (Lipinski definition) is 2. The van der Waals surface area contributed by atoms with Gasteiger partial charge in [-0.3, -0.25) is 9.48 Å². The quantitative estimate of drug-likeness (QED) is 0.823. The number of nitrogens with zero attached hydrogens (tertiary/aromatic N) is 2. The lowest BCUT2D eigenvalue weighted by Crippen LogP contribution is -2.44. The maximum Gasteiger partial charge on any atom is 0.407 e. The first kappa shape index (κ1) is 19.3. The molecular formula is C18H30N4O3. The molecule has 1 fully saturated rings. The minimum absolute atomic E-state index is 0.258. The molecule has 1 saturated carbocycles. The Bertz CT molecular complexity index is 591. The molecule has 0 spiro atoms. The third kappa shape index (κ3) is 5.47. The summed E-state index contributed by atoms with van der Waals surface area (Å²) in [6.45, 7) is 5.94. The summed E-state index contributed by atoms with van der Waals surface area (Å²) in [6.07, 6.45) is 7.93. The molecule has 1 unspecified atom stereocenters. The largest absolute Gasteiger partial charge is 0.453 e. The van der Waals surface area contributed by atoms with Crippen LogP contribution in [0.1, 0.15) is 64.0 Å². The van der Waals surface area contributed by atoms with Crippen molar-refractivity contribution in [3.05, 3.63) is 11.8 Å². The van der Waals surface area contributed by atoms with E-state index in [1.165, 1.54) is 26.4 Å². The number of carbonyl (C=O) groups is 2. The van der Waals surface area contributed by atoms with E-state index in [1.807, 2.05) is 31.6 Å². The lowest BCUT2D eigenvalue weighted by Gasteiger charge is -2.22. The van der Waals surface area contributed by atoms with Crippen LogP contribution in [0, 0.1) is 12.8 Å². The number of ether oxygens (including phenoxy) is 1. The van der Waals surface area contributed by atoms with Crippen molar-refractivity contribution >= 4 is 17.8 Å². The summed E-state index contributed by atoms with van der Waals surface area (Å²) in [5.74, 6) is 0.556. The van der Waals surface area contributed by atoms with E-state index in [0.717, 1.165) is 18.4 Å². The number of anilines is 1. The van der Waals surface area contributed by atoms with E-state index < -0.39 is 12.1 Å². The zero-order valence-electron chi connectivity index (χ0n) is 15.7. The highest BCUT2D eigenvalue weighted by Crippen LogP contribution is 2.29. The molecule has 1 aliphatic rings. The van der Waals surface area contributed by atoms with Crippen LogP contribution in [-0.2, 0) is 9.53 Å². The van der Waals surface area contributed by atoms with Crippen LogP contribution in [0.3, 0.4) is 0 Å². The summed E-state index contributed by atoms with van der Waals surface area (Å²) in [7, 11) is 1.29. The standard InChI is InChI=1S/C18H30N4O3/c1-12(2)10-15(19-18(24)25-4)17(23)20-16-13(3)11-22(21-16)14-8-6-5-7-9-14/h11-12,14-15H,5-10H2,1-4H3,(H,19,24)(H,20,21,23). The number of methoxy groups -OCH3 is 1. The first-order chi connectivity index (χ1) is 11.9. The van der Waals surface area contributed by atoms with Gasteiger partial charge in [0.05, 0.1) is 13.2 Å². The first-order valence-electron chi connectivity index (χ1n) is 9.11. The molecule has 7 nitrogen and oxygen atoms in total. The fraction of sp³-hybridized carbons (Fsp3) is 0.722. The van der Waals surface area contributed by atoms with Crippen molar-refractivity contribution in [3.8, 4) is 0 Å². The Balaban J connectivity index is 2.06. The minimum Gasteiger partial charge on any atom is -0.453 e. The first-order valence-corrected chi connectivity index (χ1v) is 9.11. The van der Waals surface area contributed by atoms with Gasteiger partial charge in [-0.25, -0.2) is 4.79 Å². The van der Waals surface area contributed by atoms with E-state index >= 15 is 0 Å². The second kappa shape index (κ2) is 8.87. The fourth-order valence-corrected chi connectivity index (χ4v) is 3.25. The van der Waals surface area contributed by atoms with Gasteiger partial charge in [-0.1, -0.05) is 33.1 Å². The summed E-state index contributed by atoms with van der Waals surface area (Å²) in [6, 6.07) is -0.232. The van der Waals surface area contributed by atoms with Gasteiger partial charge < -0.3 is 15.4 Å². The number of aromatic nitrogens is 2. The van der Waals surface area contributed by atoms with Gasteiger partial charge in [0.25, 0.3) is 0 Å². The van der Waals surface area contributed by atoms with Gasteiger partial charge in [-0.2, -0.15) is 5.10 Å². The molecule has 0 saturated heterocycles. The zero-order chi connectivity index (χ0) is 18.4. The maximum absolute atomic E-state index is 12.6. The van der Waals surface area contributed by atoms with Crippen molar-refractivity contribution in [1.82, 2.24) is 15.1 Å². The van der Waals surface area contributed by atoms with E-state index in [0.29, 0.717) is 18.3 Å². The highest BCUT2D eigenvalue weighted by molar-refractivity contribution is 5.96. The molecule has 140 valence electrons. The number of amides is 2. The molecule has 1 heterocycles. The van der Waals surface area contributed by atoms with Crippen molar-refractivity contribution in [1.29, 1.82) is 0 Å². The van der Waals surface area contributed by atoms with Crippen LogP contribution < -0.4 is 10.6 Å². The number of aryl methyl sites for hydroxylation is 1. The Morgan fingerprint density at radius 1 is 1.32 bits per heavy atom. The van der Waals surface area contributed by atoms with Crippen molar-refractivity contribution in [2.75, 3.05) is 12.4 Å². The molecule has 1 aliphatic carbocycles. The van der Waals surface area contributed by atoms with Crippen LogP contribution in [-0.4, -0.2) is 34.9 Å². The van der Waals surface area contributed by atoms with Crippen molar-refractivity contribution in [3.63, 3.8) is 0 Å². The number of alkyl carbamates (subject to hydrolysis) is 1. The van der Waals surface area contributed by atoms with Crippen molar-refractivity contribution in [2.45, 2.75) is 71.4 Å². The summed E-state index contributed by atoms with van der Waals surface area (Å²) < 4.78 is 6.60. The van der Waals surface area contributed by atoms with E-state index in [-0.39, 0.29) is 11.8 Å². The molecule has 2 amide bonds. The van der Waals surface area contributed by atoms with Crippen LogP contribution in [0.5, 0.6) is 0 Å². The molecule has 2 N–H and O–H groups in total. The SMILES string of the molecule is COC(=O)NC(CC(C)C)C(=O)Nc1nn(C2CCCCC2)cc1C. The van der Waals surface area contributed by atoms with E-state index in [4.69, 9.17) is 0 Å². The fourth-order valence-electron chi connectivity index (χ4n) is 3.25. The van der Waals surface area contributed by atoms with Gasteiger partial charge in [-0.15, -0.1) is 0 Å². The second-order valence-corrected chi connectivity index (χ2v) is 7.24. The van der Waals surface area contributed by atoms with Crippen LogP contribution in [0.15, 0.2) is 6.20 Å². The second-order valence-electron chi connectivity index (χ2n) is 7.24. The molecule has 25 heavy (non-hydrogen) atoms. The third-order valence-corrected chi connectivity index (χ3v) is 4.61. The Hall–Kier alpha value is -2.05. The third-order valence-electron chi connectivity index (χ3n) is 4.61. The zero-order valence-corrected chi connectivity index (χ0v) is 15.7. The highest BCUT2D eigenvalue weighted by Gasteiger charge is 2.24. The summed E-state index contributed by atoms with van der Waals surface area (Å²) in [5.41, 5.74) is 0.931. The lowest BCUT2D eigenvalue weighted by atomic mass is 9.96. The average molecular weight is 350 g/mol. The summed E-state index contributed by atoms with van der Waals surface area (Å²) in [4.78, 5) is 24.1. The van der Waals surface area contributed by atoms with E-state index in [1.54, 1.807) is 0 Å². The predicted molar refractivity (Wildman–Crippen MR) is 96.5 cm³/mol. The Morgan fingerprint density at radius 3 is 2.60 bits per heavy atom. The molecule has 7 heteroatoms. The van der Waals surface area contributed by atoms with E-state index in [9.17, 15) is 9.59 Å². The highest BCUT2D eigenvalue weighted by atomic mass is 16.5. The average Bonchev–Trinajstić information content (AvgIpc) is 2.95. The molecule has 0 aromatic carbocycles. The predicted octanol–water partition coefficient (Wildman–Crippen LogP) is 3.41. The van der Waals surface area contributed by atoms with Gasteiger partial charge in [-0.05, 0) is 32.1 Å². The Labute approximate surface area is 149 Å². The summed E-state index contributed by atoms with van der Waals surface area (Å²) >= 11 is 0. The van der Waals surface area contributed by atoms with E-state index in [2.05, 4.69) is 20.5 Å². The van der Waals surface area contributed by atoms with Gasteiger partial charge >= 0.3 is 6.09 Å². The maximum atomic E-state index is 12.6. The Morgan fingerprint density at radius 2 is 2.00 bits per heavy atom. The number of rotatable bonds is 6. The van der Waals surface area contributed by atoms with Crippen LogP contribution >= 0.6 is 0 Å². The number of carbonyl (C=O) groups excluding carboxylic acids is 2. The molecule has 1 aromatic heterocycles. The monoisotopic (exact) mass is 350 g/mol. The number of nitrogens with one attached hydrogen (secondary N) is 2. The van der Waals surface area contributed by atoms with Crippen LogP contribution in [0.25, 0.3) is 0 Å². The van der Waals surface area contributed by atoms with Gasteiger partial charge in [0.15, 0.2) is 5.82 Å². The van der Waals surface area contributed by atoms with Gasteiger partial charge in [0, 0.05) is 11.8 Å². The minimum atomic E-state index is -0.647. The topological polar surface area (TPSA) is 85.2 Å². The molecule has 2 rings (SSSR count). The molecule has 1 aromatic rings. The Kier molecular flexibility index (Phi) is 6.84. The van der Waals surface area contributed by atoms with Crippen molar-refractivity contribution in [2.24, 2.45) is 5.92 Å². The summed E-state index contributed by atoms with van der Waals surface area (Å²) in [5, 5.41) is 10.0. The van der Waals surface area contributed by atoms with Crippen LogP contribution in [0.2, 0.25) is 0 Å². The molecule has 0 aliphatic heterocycles. The van der Waals surface area contributed by atoms with Crippen molar-refractivity contribution < 1.29 is 14.3 Å². The molecule has 1 atom stereocenters. The number of hydrogen-bond acceptors (Lipinski definition) is 4. The molecular weight excluding hydrogens is 320 g/mol. The molecule has 0 bridgehead atoms. The lowest BCUT2D eigenvalue weighted by molar-refractivity contribution is -0.118. The normalized spacial score (nSPS) is 16.5. The smallest absolute Gasteiger partial charge is 0.407 e.